The summed E-state index contributed by atoms with van der Waals surface area (Å²) in [6.45, 7) is 7.99. The fourth-order valence-electron chi connectivity index (χ4n) is 2.41. The molecule has 1 saturated heterocycles. The van der Waals surface area contributed by atoms with Crippen molar-refractivity contribution in [3.63, 3.8) is 0 Å². The largest absolute Gasteiger partial charge is 0.390 e. The number of aliphatic hydroxyl groups excluding tert-OH is 1. The lowest BCUT2D eigenvalue weighted by atomic mass is 9.99. The number of rotatable bonds is 6. The zero-order chi connectivity index (χ0) is 11.1. The van der Waals surface area contributed by atoms with Crippen LogP contribution in [0.4, 0.5) is 0 Å². The highest BCUT2D eigenvalue weighted by Gasteiger charge is 2.22. The average molecular weight is 214 g/mol. The SMILES string of the molecule is CCNCC(O)CN1CCCCC1CC. The van der Waals surface area contributed by atoms with Crippen molar-refractivity contribution in [1.82, 2.24) is 10.2 Å². The maximum atomic E-state index is 9.84. The molecular formula is C12H26N2O. The maximum Gasteiger partial charge on any atom is 0.0791 e. The van der Waals surface area contributed by atoms with Crippen LogP contribution in [0.3, 0.4) is 0 Å². The summed E-state index contributed by atoms with van der Waals surface area (Å²) in [6, 6.07) is 0.704. The molecule has 0 amide bonds. The van der Waals surface area contributed by atoms with Crippen LogP contribution in [-0.4, -0.2) is 48.3 Å². The molecule has 0 radical (unpaired) electrons. The molecule has 1 aliphatic heterocycles. The number of aliphatic hydroxyl groups is 1. The smallest absolute Gasteiger partial charge is 0.0791 e. The van der Waals surface area contributed by atoms with Gasteiger partial charge in [-0.1, -0.05) is 20.3 Å². The van der Waals surface area contributed by atoms with Gasteiger partial charge in [0.2, 0.25) is 0 Å². The van der Waals surface area contributed by atoms with Crippen molar-refractivity contribution in [3.8, 4) is 0 Å². The summed E-state index contributed by atoms with van der Waals surface area (Å²) in [5, 5.41) is 13.0. The maximum absolute atomic E-state index is 9.84. The van der Waals surface area contributed by atoms with Gasteiger partial charge in [0.05, 0.1) is 6.10 Å². The molecule has 3 nitrogen and oxygen atoms in total. The monoisotopic (exact) mass is 214 g/mol. The van der Waals surface area contributed by atoms with E-state index in [1.165, 1.54) is 32.2 Å². The summed E-state index contributed by atoms with van der Waals surface area (Å²) < 4.78 is 0. The number of hydrogen-bond donors (Lipinski definition) is 2. The summed E-state index contributed by atoms with van der Waals surface area (Å²) in [7, 11) is 0. The Morgan fingerprint density at radius 3 is 2.87 bits per heavy atom. The minimum atomic E-state index is -0.211. The molecule has 0 bridgehead atoms. The number of likely N-dealkylation sites (tertiary alicyclic amines) is 1. The van der Waals surface area contributed by atoms with Gasteiger partial charge in [0, 0.05) is 19.1 Å². The Kier molecular flexibility index (Phi) is 6.22. The Morgan fingerprint density at radius 1 is 1.40 bits per heavy atom. The number of nitrogens with one attached hydrogen (secondary N) is 1. The highest BCUT2D eigenvalue weighted by atomic mass is 16.3. The van der Waals surface area contributed by atoms with Gasteiger partial charge in [-0.05, 0) is 32.4 Å². The normalized spacial score (nSPS) is 25.4. The minimum Gasteiger partial charge on any atom is -0.390 e. The van der Waals surface area contributed by atoms with E-state index < -0.39 is 0 Å². The third-order valence-electron chi connectivity index (χ3n) is 3.30. The molecule has 0 aromatic rings. The summed E-state index contributed by atoms with van der Waals surface area (Å²) >= 11 is 0. The molecule has 0 spiro atoms. The molecule has 0 aliphatic carbocycles. The predicted molar refractivity (Wildman–Crippen MR) is 64.1 cm³/mol. The van der Waals surface area contributed by atoms with Crippen LogP contribution in [0, 0.1) is 0 Å². The van der Waals surface area contributed by atoms with Crippen LogP contribution in [-0.2, 0) is 0 Å². The Hall–Kier alpha value is -0.120. The van der Waals surface area contributed by atoms with Crippen LogP contribution in [0.5, 0.6) is 0 Å². The summed E-state index contributed by atoms with van der Waals surface area (Å²) in [5.41, 5.74) is 0. The first-order valence-corrected chi connectivity index (χ1v) is 6.40. The van der Waals surface area contributed by atoms with E-state index in [0.717, 1.165) is 19.6 Å². The van der Waals surface area contributed by atoms with Gasteiger partial charge in [0.1, 0.15) is 0 Å². The van der Waals surface area contributed by atoms with E-state index in [2.05, 4.69) is 24.1 Å². The van der Waals surface area contributed by atoms with Crippen LogP contribution >= 0.6 is 0 Å². The topological polar surface area (TPSA) is 35.5 Å². The standard InChI is InChI=1S/C12H26N2O/c1-3-11-7-5-6-8-14(11)10-12(15)9-13-4-2/h11-13,15H,3-10H2,1-2H3. The van der Waals surface area contributed by atoms with E-state index in [1.807, 2.05) is 0 Å². The van der Waals surface area contributed by atoms with Gasteiger partial charge < -0.3 is 10.4 Å². The number of nitrogens with zero attached hydrogens (tertiary/aromatic N) is 1. The fraction of sp³-hybridized carbons (Fsp3) is 1.00. The first-order valence-electron chi connectivity index (χ1n) is 6.40. The van der Waals surface area contributed by atoms with Crippen molar-refractivity contribution in [2.75, 3.05) is 26.2 Å². The average Bonchev–Trinajstić information content (AvgIpc) is 2.27. The molecular weight excluding hydrogens is 188 g/mol. The molecule has 90 valence electrons. The van der Waals surface area contributed by atoms with Crippen molar-refractivity contribution >= 4 is 0 Å². The Morgan fingerprint density at radius 2 is 2.20 bits per heavy atom. The lowest BCUT2D eigenvalue weighted by molar-refractivity contribution is 0.0660. The molecule has 1 fully saturated rings. The summed E-state index contributed by atoms with van der Waals surface area (Å²) in [5.74, 6) is 0. The molecule has 0 aromatic heterocycles. The molecule has 0 aromatic carbocycles. The second-order valence-corrected chi connectivity index (χ2v) is 4.51. The highest BCUT2D eigenvalue weighted by molar-refractivity contribution is 4.78. The quantitative estimate of drug-likeness (QED) is 0.698. The summed E-state index contributed by atoms with van der Waals surface area (Å²) in [6.07, 6.45) is 4.97. The van der Waals surface area contributed by atoms with Gasteiger partial charge in [0.25, 0.3) is 0 Å². The molecule has 15 heavy (non-hydrogen) atoms. The number of hydrogen-bond acceptors (Lipinski definition) is 3. The molecule has 3 heteroatoms. The lowest BCUT2D eigenvalue weighted by Gasteiger charge is -2.36. The molecule has 2 atom stereocenters. The highest BCUT2D eigenvalue weighted by Crippen LogP contribution is 2.19. The second kappa shape index (κ2) is 7.20. The van der Waals surface area contributed by atoms with Crippen LogP contribution in [0.1, 0.15) is 39.5 Å². The van der Waals surface area contributed by atoms with Crippen LogP contribution in [0.2, 0.25) is 0 Å². The minimum absolute atomic E-state index is 0.211. The predicted octanol–water partition coefficient (Wildman–Crippen LogP) is 1.22. The van der Waals surface area contributed by atoms with Crippen LogP contribution < -0.4 is 5.32 Å². The van der Waals surface area contributed by atoms with Crippen molar-refractivity contribution in [1.29, 1.82) is 0 Å². The number of piperidine rings is 1. The van der Waals surface area contributed by atoms with Crippen LogP contribution in [0.15, 0.2) is 0 Å². The molecule has 2 N–H and O–H groups in total. The van der Waals surface area contributed by atoms with Gasteiger partial charge in [0.15, 0.2) is 0 Å². The molecule has 2 unspecified atom stereocenters. The van der Waals surface area contributed by atoms with E-state index >= 15 is 0 Å². The fourth-order valence-corrected chi connectivity index (χ4v) is 2.41. The van der Waals surface area contributed by atoms with Gasteiger partial charge in [-0.3, -0.25) is 4.90 Å². The molecule has 1 rings (SSSR count). The van der Waals surface area contributed by atoms with E-state index in [9.17, 15) is 5.11 Å². The lowest BCUT2D eigenvalue weighted by Crippen LogP contribution is -2.45. The van der Waals surface area contributed by atoms with E-state index in [-0.39, 0.29) is 6.10 Å². The molecule has 1 aliphatic rings. The zero-order valence-corrected chi connectivity index (χ0v) is 10.2. The third kappa shape index (κ3) is 4.49. The molecule has 0 saturated carbocycles. The number of likely N-dealkylation sites (N-methyl/N-ethyl adjacent to an activating group) is 1. The van der Waals surface area contributed by atoms with Crippen molar-refractivity contribution in [2.45, 2.75) is 51.7 Å². The molecule has 1 heterocycles. The van der Waals surface area contributed by atoms with Crippen LogP contribution in [0.25, 0.3) is 0 Å². The second-order valence-electron chi connectivity index (χ2n) is 4.51. The van der Waals surface area contributed by atoms with E-state index in [0.29, 0.717) is 6.04 Å². The van der Waals surface area contributed by atoms with Crippen molar-refractivity contribution < 1.29 is 5.11 Å². The number of β-amino-alcohol motifs (C(OH)–C–C–N with tert-alkyl or cyclic N) is 1. The Bertz CT molecular complexity index is 164. The van der Waals surface area contributed by atoms with Gasteiger partial charge in [-0.25, -0.2) is 0 Å². The zero-order valence-electron chi connectivity index (χ0n) is 10.2. The van der Waals surface area contributed by atoms with E-state index in [4.69, 9.17) is 0 Å². The van der Waals surface area contributed by atoms with Gasteiger partial charge >= 0.3 is 0 Å². The van der Waals surface area contributed by atoms with Crippen molar-refractivity contribution in [2.24, 2.45) is 0 Å². The van der Waals surface area contributed by atoms with Gasteiger partial charge in [-0.15, -0.1) is 0 Å². The third-order valence-corrected chi connectivity index (χ3v) is 3.30. The first-order chi connectivity index (χ1) is 7.27. The summed E-state index contributed by atoms with van der Waals surface area (Å²) in [4.78, 5) is 2.46. The Balaban J connectivity index is 2.27. The van der Waals surface area contributed by atoms with Crippen molar-refractivity contribution in [3.05, 3.63) is 0 Å². The first kappa shape index (κ1) is 12.9. The van der Waals surface area contributed by atoms with Gasteiger partial charge in [-0.2, -0.15) is 0 Å². The Labute approximate surface area is 93.9 Å². The van der Waals surface area contributed by atoms with E-state index in [1.54, 1.807) is 0 Å².